The summed E-state index contributed by atoms with van der Waals surface area (Å²) in [4.78, 5) is 49.2. The summed E-state index contributed by atoms with van der Waals surface area (Å²) in [7, 11) is 0. The van der Waals surface area contributed by atoms with Crippen LogP contribution in [0.3, 0.4) is 0 Å². The summed E-state index contributed by atoms with van der Waals surface area (Å²) in [5.74, 6) is -1.77. The van der Waals surface area contributed by atoms with Crippen LogP contribution in [0.15, 0.2) is 72.8 Å². The molecule has 2 saturated heterocycles. The number of amides is 3. The molecule has 2 fully saturated rings. The average Bonchev–Trinajstić information content (AvgIpc) is 3.34. The molecule has 10 heteroatoms. The van der Waals surface area contributed by atoms with Crippen molar-refractivity contribution in [2.75, 3.05) is 42.6 Å². The molecule has 6 rings (SSSR count). The minimum absolute atomic E-state index is 0.113. The number of fused-ring (bicyclic) bond motifs is 2. The van der Waals surface area contributed by atoms with Gasteiger partial charge in [-0.3, -0.25) is 14.4 Å². The molecule has 4 aliphatic rings. The van der Waals surface area contributed by atoms with Gasteiger partial charge in [-0.05, 0) is 62.6 Å². The molecule has 244 valence electrons. The number of aliphatic hydroxyl groups excluding tert-OH is 1. The minimum atomic E-state index is -1.35. The number of likely N-dealkylation sites (tertiary alicyclic amines) is 1. The number of hydrogen-bond acceptors (Lipinski definition) is 6. The summed E-state index contributed by atoms with van der Waals surface area (Å²) >= 11 is 6.59. The van der Waals surface area contributed by atoms with Crippen LogP contribution >= 0.6 is 11.6 Å². The van der Waals surface area contributed by atoms with E-state index < -0.39 is 29.1 Å². The van der Waals surface area contributed by atoms with Crippen LogP contribution in [0.25, 0.3) is 0 Å². The Morgan fingerprint density at radius 3 is 2.30 bits per heavy atom. The van der Waals surface area contributed by atoms with E-state index in [1.807, 2.05) is 74.5 Å². The molecule has 4 heterocycles. The quantitative estimate of drug-likeness (QED) is 0.267. The first-order valence-electron chi connectivity index (χ1n) is 16.4. The minimum Gasteiger partial charge on any atom is -0.494 e. The Balaban J connectivity index is 1.42. The Labute approximate surface area is 275 Å². The summed E-state index contributed by atoms with van der Waals surface area (Å²) in [6.45, 7) is 5.45. The van der Waals surface area contributed by atoms with Crippen molar-refractivity contribution in [3.05, 3.63) is 77.9 Å². The van der Waals surface area contributed by atoms with Gasteiger partial charge in [0.05, 0.1) is 34.8 Å². The van der Waals surface area contributed by atoms with E-state index in [9.17, 15) is 19.5 Å². The molecule has 0 aliphatic carbocycles. The Bertz CT molecular complexity index is 1530. The first-order valence-corrected chi connectivity index (χ1v) is 16.8. The summed E-state index contributed by atoms with van der Waals surface area (Å²) in [5, 5.41) is 9.69. The second-order valence-corrected chi connectivity index (χ2v) is 12.8. The van der Waals surface area contributed by atoms with Gasteiger partial charge in [0.2, 0.25) is 11.8 Å². The number of hydrogen-bond donors (Lipinski definition) is 1. The topological polar surface area (TPSA) is 99.6 Å². The third-order valence-electron chi connectivity index (χ3n) is 9.85. The van der Waals surface area contributed by atoms with Gasteiger partial charge in [0, 0.05) is 31.9 Å². The number of ether oxygens (including phenoxy) is 2. The van der Waals surface area contributed by atoms with Crippen LogP contribution in [-0.4, -0.2) is 77.8 Å². The highest BCUT2D eigenvalue weighted by Crippen LogP contribution is 2.59. The number of aliphatic hydroxyl groups is 1. The number of anilines is 2. The van der Waals surface area contributed by atoms with Crippen LogP contribution in [0.2, 0.25) is 5.02 Å². The van der Waals surface area contributed by atoms with Crippen molar-refractivity contribution in [2.24, 2.45) is 11.8 Å². The number of para-hydroxylation sites is 1. The van der Waals surface area contributed by atoms with Gasteiger partial charge in [0.1, 0.15) is 17.4 Å². The van der Waals surface area contributed by atoms with E-state index in [-0.39, 0.29) is 30.9 Å². The molecule has 5 atom stereocenters. The number of carbonyl (C=O) groups excluding carboxylic acids is 3. The van der Waals surface area contributed by atoms with E-state index in [0.29, 0.717) is 61.1 Å². The number of unbranched alkanes of at least 4 members (excludes halogenated alkanes) is 3. The molecular weight excluding hydrogens is 606 g/mol. The Kier molecular flexibility index (Phi) is 9.28. The number of halogens is 1. The first-order chi connectivity index (χ1) is 22.3. The highest BCUT2D eigenvalue weighted by Gasteiger charge is 2.75. The fraction of sp³-hybridized carbons (Fsp3) is 0.472. The molecule has 4 aliphatic heterocycles. The molecule has 0 radical (unpaired) electrons. The monoisotopic (exact) mass is 647 g/mol. The summed E-state index contributed by atoms with van der Waals surface area (Å²) in [6.07, 6.45) is 11.0. The second kappa shape index (κ2) is 13.2. The van der Waals surface area contributed by atoms with Gasteiger partial charge in [-0.25, -0.2) is 0 Å². The standard InChI is InChI=1S/C36H42ClN3O6/c1-3-35-19-11-22-38(25-15-17-26(18-16-25)45-4-2)32(42)29(35)30-33(43)40(21-9-5-6-10-24-41)31-34(44)39(23-12-20-36(30,31)46-35)28-14-8-7-13-27(28)37/h7-8,11-20,29-31,41H,3-6,9-10,21-24H2,1-2H3/t29-,30-,31?,35+,36-/m0/s1. The maximum atomic E-state index is 14.7. The number of nitrogens with zero attached hydrogens (tertiary/aromatic N) is 3. The maximum Gasteiger partial charge on any atom is 0.253 e. The zero-order chi connectivity index (χ0) is 32.5. The van der Waals surface area contributed by atoms with Crippen LogP contribution in [0, 0.1) is 11.8 Å². The van der Waals surface area contributed by atoms with Gasteiger partial charge in [0.25, 0.3) is 5.91 Å². The van der Waals surface area contributed by atoms with Crippen LogP contribution in [0.1, 0.15) is 46.0 Å². The van der Waals surface area contributed by atoms with Crippen LogP contribution in [0.5, 0.6) is 5.75 Å². The van der Waals surface area contributed by atoms with Crippen molar-refractivity contribution in [2.45, 2.75) is 63.2 Å². The lowest BCUT2D eigenvalue weighted by atomic mass is 9.73. The van der Waals surface area contributed by atoms with Gasteiger partial charge in [-0.1, -0.05) is 67.8 Å². The van der Waals surface area contributed by atoms with Gasteiger partial charge >= 0.3 is 0 Å². The van der Waals surface area contributed by atoms with Crippen molar-refractivity contribution < 1.29 is 29.0 Å². The number of benzene rings is 2. The molecule has 0 saturated carbocycles. The lowest BCUT2D eigenvalue weighted by Crippen LogP contribution is -2.56. The van der Waals surface area contributed by atoms with E-state index in [1.54, 1.807) is 26.8 Å². The first kappa shape index (κ1) is 32.3. The fourth-order valence-electron chi connectivity index (χ4n) is 7.76. The molecule has 1 N–H and O–H groups in total. The maximum absolute atomic E-state index is 14.7. The zero-order valence-electron chi connectivity index (χ0n) is 26.4. The van der Waals surface area contributed by atoms with Gasteiger partial charge in [-0.2, -0.15) is 0 Å². The SMILES string of the molecule is CCOc1ccc(N2CC=C[C@@]3(CC)O[C@]45C=CCN(c6ccccc6Cl)C(=O)C4N(CCCCCCO)C(=O)[C@@H]5[C@H]3C2=O)cc1. The third kappa shape index (κ3) is 5.32. The molecule has 0 bridgehead atoms. The van der Waals surface area contributed by atoms with Gasteiger partial charge < -0.3 is 29.3 Å². The van der Waals surface area contributed by atoms with Crippen molar-refractivity contribution in [1.82, 2.24) is 4.90 Å². The predicted molar refractivity (Wildman–Crippen MR) is 177 cm³/mol. The Morgan fingerprint density at radius 2 is 1.59 bits per heavy atom. The van der Waals surface area contributed by atoms with E-state index in [4.69, 9.17) is 21.1 Å². The molecule has 2 aromatic rings. The van der Waals surface area contributed by atoms with Gasteiger partial charge in [-0.15, -0.1) is 0 Å². The molecule has 0 aromatic heterocycles. The summed E-state index contributed by atoms with van der Waals surface area (Å²) in [5.41, 5.74) is -1.17. The fourth-order valence-corrected chi connectivity index (χ4v) is 7.99. The molecular formula is C36H42ClN3O6. The molecule has 1 unspecified atom stereocenters. The van der Waals surface area contributed by atoms with Crippen molar-refractivity contribution in [3.8, 4) is 5.75 Å². The van der Waals surface area contributed by atoms with E-state index in [1.165, 1.54) is 0 Å². The second-order valence-electron chi connectivity index (χ2n) is 12.4. The average molecular weight is 648 g/mol. The largest absolute Gasteiger partial charge is 0.494 e. The number of rotatable bonds is 11. The number of carbonyl (C=O) groups is 3. The van der Waals surface area contributed by atoms with Crippen LogP contribution in [0.4, 0.5) is 11.4 Å². The van der Waals surface area contributed by atoms with E-state index >= 15 is 0 Å². The van der Waals surface area contributed by atoms with E-state index in [2.05, 4.69) is 0 Å². The van der Waals surface area contributed by atoms with Gasteiger partial charge in [0.15, 0.2) is 0 Å². The molecule has 9 nitrogen and oxygen atoms in total. The highest BCUT2D eigenvalue weighted by molar-refractivity contribution is 6.34. The molecule has 46 heavy (non-hydrogen) atoms. The van der Waals surface area contributed by atoms with Crippen molar-refractivity contribution in [3.63, 3.8) is 0 Å². The normalized spacial score (nSPS) is 28.7. The lowest BCUT2D eigenvalue weighted by Gasteiger charge is -2.38. The zero-order valence-corrected chi connectivity index (χ0v) is 27.2. The summed E-state index contributed by atoms with van der Waals surface area (Å²) < 4.78 is 12.7. The van der Waals surface area contributed by atoms with E-state index in [0.717, 1.165) is 12.8 Å². The highest BCUT2D eigenvalue weighted by atomic mass is 35.5. The van der Waals surface area contributed by atoms with Crippen LogP contribution in [-0.2, 0) is 19.1 Å². The molecule has 3 amide bonds. The third-order valence-corrected chi connectivity index (χ3v) is 10.2. The smallest absolute Gasteiger partial charge is 0.253 e. The summed E-state index contributed by atoms with van der Waals surface area (Å²) in [6, 6.07) is 13.6. The van der Waals surface area contributed by atoms with Crippen molar-refractivity contribution >= 4 is 40.7 Å². The predicted octanol–water partition coefficient (Wildman–Crippen LogP) is 5.16. The van der Waals surface area contributed by atoms with Crippen LogP contribution < -0.4 is 14.5 Å². The molecule has 2 aromatic carbocycles. The Hall–Kier alpha value is -3.66. The Morgan fingerprint density at radius 1 is 0.870 bits per heavy atom. The lowest BCUT2D eigenvalue weighted by molar-refractivity contribution is -0.145. The van der Waals surface area contributed by atoms with Crippen molar-refractivity contribution in [1.29, 1.82) is 0 Å². The molecule has 1 spiro atoms.